The van der Waals surface area contributed by atoms with Gasteiger partial charge in [-0.1, -0.05) is 18.2 Å². The van der Waals surface area contributed by atoms with Crippen LogP contribution in [0.25, 0.3) is 0 Å². The van der Waals surface area contributed by atoms with Crippen molar-refractivity contribution in [3.05, 3.63) is 58.1 Å². The number of ether oxygens (including phenoxy) is 3. The highest BCUT2D eigenvalue weighted by Crippen LogP contribution is 2.43. The molecule has 0 saturated heterocycles. The van der Waals surface area contributed by atoms with Gasteiger partial charge in [0.2, 0.25) is 0 Å². The molecule has 0 aliphatic carbocycles. The minimum atomic E-state index is -0.607. The smallest absolute Gasteiger partial charge is 0.338 e. The van der Waals surface area contributed by atoms with Crippen LogP contribution in [0.2, 0.25) is 0 Å². The molecule has 0 aromatic heterocycles. The molecular formula is C23H26O5. The predicted molar refractivity (Wildman–Crippen MR) is 106 cm³/mol. The fourth-order valence-electron chi connectivity index (χ4n) is 3.56. The first kappa shape index (κ1) is 19.9. The van der Waals surface area contributed by atoms with Gasteiger partial charge in [-0.15, -0.1) is 0 Å². The van der Waals surface area contributed by atoms with E-state index < -0.39 is 5.60 Å². The maximum Gasteiger partial charge on any atom is 0.338 e. The molecule has 1 unspecified atom stereocenters. The second kappa shape index (κ2) is 7.66. The van der Waals surface area contributed by atoms with Crippen LogP contribution >= 0.6 is 0 Å². The Hall–Kier alpha value is -2.82. The first-order valence-corrected chi connectivity index (χ1v) is 9.44. The van der Waals surface area contributed by atoms with Gasteiger partial charge in [-0.3, -0.25) is 4.79 Å². The molecule has 1 aliphatic rings. The fourth-order valence-corrected chi connectivity index (χ4v) is 3.56. The molecule has 0 fully saturated rings. The van der Waals surface area contributed by atoms with E-state index in [9.17, 15) is 9.59 Å². The van der Waals surface area contributed by atoms with Gasteiger partial charge in [0.15, 0.2) is 0 Å². The molecule has 28 heavy (non-hydrogen) atoms. The molecule has 0 N–H and O–H groups in total. The first-order valence-electron chi connectivity index (χ1n) is 9.44. The zero-order chi connectivity index (χ0) is 20.5. The van der Waals surface area contributed by atoms with Crippen molar-refractivity contribution in [1.82, 2.24) is 0 Å². The van der Waals surface area contributed by atoms with Gasteiger partial charge < -0.3 is 14.2 Å². The van der Waals surface area contributed by atoms with Gasteiger partial charge in [0, 0.05) is 12.5 Å². The number of hydrogen-bond donors (Lipinski definition) is 0. The Labute approximate surface area is 165 Å². The summed E-state index contributed by atoms with van der Waals surface area (Å²) < 4.78 is 17.3. The summed E-state index contributed by atoms with van der Waals surface area (Å²) in [6.07, 6.45) is 1.46. The van der Waals surface area contributed by atoms with Crippen LogP contribution < -0.4 is 9.47 Å². The van der Waals surface area contributed by atoms with Crippen molar-refractivity contribution < 1.29 is 23.8 Å². The molecule has 1 atom stereocenters. The molecule has 2 aromatic rings. The van der Waals surface area contributed by atoms with Gasteiger partial charge in [-0.05, 0) is 69.4 Å². The van der Waals surface area contributed by atoms with Crippen molar-refractivity contribution >= 4 is 11.9 Å². The van der Waals surface area contributed by atoms with E-state index in [0.717, 1.165) is 34.4 Å². The Morgan fingerprint density at radius 3 is 2.39 bits per heavy atom. The second-order valence-electron chi connectivity index (χ2n) is 7.60. The van der Waals surface area contributed by atoms with E-state index in [1.165, 1.54) is 6.92 Å². The summed E-state index contributed by atoms with van der Waals surface area (Å²) in [7, 11) is 0. The number of carbonyl (C=O) groups excluding carboxylic acids is 2. The molecule has 0 amide bonds. The lowest BCUT2D eigenvalue weighted by atomic mass is 9.87. The molecular weight excluding hydrogens is 356 g/mol. The zero-order valence-corrected chi connectivity index (χ0v) is 17.0. The summed E-state index contributed by atoms with van der Waals surface area (Å²) in [6.45, 7) is 9.36. The SMILES string of the molecule is CC(=O)Oc1c(C)c(C)c2c(c1C)CCC(C)(COC(=O)c1ccccc1)O2. The third kappa shape index (κ3) is 3.88. The average molecular weight is 382 g/mol. The van der Waals surface area contributed by atoms with Crippen LogP contribution in [0.15, 0.2) is 30.3 Å². The van der Waals surface area contributed by atoms with Crippen LogP contribution in [0.4, 0.5) is 0 Å². The summed E-state index contributed by atoms with van der Waals surface area (Å²) in [5, 5.41) is 0. The van der Waals surface area contributed by atoms with Crippen molar-refractivity contribution in [2.45, 2.75) is 53.1 Å². The summed E-state index contributed by atoms with van der Waals surface area (Å²) in [4.78, 5) is 23.7. The minimum Gasteiger partial charge on any atom is -0.483 e. The van der Waals surface area contributed by atoms with Crippen molar-refractivity contribution in [2.24, 2.45) is 0 Å². The first-order chi connectivity index (χ1) is 13.2. The van der Waals surface area contributed by atoms with Crippen molar-refractivity contribution in [1.29, 1.82) is 0 Å². The lowest BCUT2D eigenvalue weighted by Crippen LogP contribution is -2.42. The molecule has 0 spiro atoms. The molecule has 1 aliphatic heterocycles. The van der Waals surface area contributed by atoms with Gasteiger partial charge in [0.05, 0.1) is 5.56 Å². The zero-order valence-electron chi connectivity index (χ0n) is 17.0. The van der Waals surface area contributed by atoms with Crippen molar-refractivity contribution in [3.8, 4) is 11.5 Å². The van der Waals surface area contributed by atoms with E-state index in [4.69, 9.17) is 14.2 Å². The van der Waals surface area contributed by atoms with Crippen LogP contribution in [-0.2, 0) is 16.0 Å². The van der Waals surface area contributed by atoms with Crippen LogP contribution in [0, 0.1) is 20.8 Å². The largest absolute Gasteiger partial charge is 0.483 e. The lowest BCUT2D eigenvalue weighted by Gasteiger charge is -2.37. The van der Waals surface area contributed by atoms with Crippen LogP contribution in [0.1, 0.15) is 52.9 Å². The summed E-state index contributed by atoms with van der Waals surface area (Å²) >= 11 is 0. The number of hydrogen-bond acceptors (Lipinski definition) is 5. The van der Waals surface area contributed by atoms with E-state index in [0.29, 0.717) is 17.7 Å². The van der Waals surface area contributed by atoms with E-state index in [1.807, 2.05) is 33.8 Å². The normalized spacial score (nSPS) is 18.0. The second-order valence-corrected chi connectivity index (χ2v) is 7.60. The molecule has 3 rings (SSSR count). The number of esters is 2. The summed E-state index contributed by atoms with van der Waals surface area (Å²) in [6, 6.07) is 8.93. The summed E-state index contributed by atoms with van der Waals surface area (Å²) in [5.74, 6) is 0.729. The number of fused-ring (bicyclic) bond motifs is 1. The highest BCUT2D eigenvalue weighted by molar-refractivity contribution is 5.89. The van der Waals surface area contributed by atoms with Crippen molar-refractivity contribution in [2.75, 3.05) is 6.61 Å². The maximum atomic E-state index is 12.3. The van der Waals surface area contributed by atoms with E-state index in [1.54, 1.807) is 24.3 Å². The number of rotatable bonds is 4. The quantitative estimate of drug-likeness (QED) is 0.576. The van der Waals surface area contributed by atoms with Gasteiger partial charge >= 0.3 is 11.9 Å². The lowest BCUT2D eigenvalue weighted by molar-refractivity contribution is -0.132. The monoisotopic (exact) mass is 382 g/mol. The molecule has 5 heteroatoms. The highest BCUT2D eigenvalue weighted by atomic mass is 16.6. The predicted octanol–water partition coefficient (Wildman–Crippen LogP) is 4.48. The van der Waals surface area contributed by atoms with E-state index >= 15 is 0 Å². The molecule has 0 radical (unpaired) electrons. The highest BCUT2D eigenvalue weighted by Gasteiger charge is 2.36. The van der Waals surface area contributed by atoms with Crippen LogP contribution in [0.3, 0.4) is 0 Å². The Morgan fingerprint density at radius 2 is 1.75 bits per heavy atom. The van der Waals surface area contributed by atoms with E-state index in [2.05, 4.69) is 0 Å². The molecule has 1 heterocycles. The topological polar surface area (TPSA) is 61.8 Å². The Balaban J connectivity index is 1.81. The third-order valence-corrected chi connectivity index (χ3v) is 5.33. The molecule has 0 bridgehead atoms. The molecule has 0 saturated carbocycles. The van der Waals surface area contributed by atoms with Gasteiger partial charge in [-0.25, -0.2) is 4.79 Å². The van der Waals surface area contributed by atoms with Crippen LogP contribution in [-0.4, -0.2) is 24.1 Å². The Morgan fingerprint density at radius 1 is 1.07 bits per heavy atom. The minimum absolute atomic E-state index is 0.170. The number of benzene rings is 2. The van der Waals surface area contributed by atoms with Crippen LogP contribution in [0.5, 0.6) is 11.5 Å². The maximum absolute atomic E-state index is 12.3. The number of carbonyl (C=O) groups is 2. The third-order valence-electron chi connectivity index (χ3n) is 5.33. The Kier molecular flexibility index (Phi) is 5.45. The van der Waals surface area contributed by atoms with E-state index in [-0.39, 0.29) is 18.5 Å². The standard InChI is InChI=1S/C23H26O5/c1-14-15(2)21-19(16(3)20(14)27-17(4)24)11-12-23(5,28-21)13-26-22(25)18-9-7-6-8-10-18/h6-10H,11-13H2,1-5H3. The van der Waals surface area contributed by atoms with Gasteiger partial charge in [-0.2, -0.15) is 0 Å². The Bertz CT molecular complexity index is 917. The summed E-state index contributed by atoms with van der Waals surface area (Å²) in [5.41, 5.74) is 3.72. The van der Waals surface area contributed by atoms with Gasteiger partial charge in [0.1, 0.15) is 23.7 Å². The molecule has 148 valence electrons. The molecule has 5 nitrogen and oxygen atoms in total. The molecule has 2 aromatic carbocycles. The van der Waals surface area contributed by atoms with Crippen molar-refractivity contribution in [3.63, 3.8) is 0 Å². The van der Waals surface area contributed by atoms with Gasteiger partial charge in [0.25, 0.3) is 0 Å². The fraction of sp³-hybridized carbons (Fsp3) is 0.391. The average Bonchev–Trinajstić information content (AvgIpc) is 2.68.